The second-order valence-corrected chi connectivity index (χ2v) is 7.30. The Morgan fingerprint density at radius 3 is 2.19 bits per heavy atom. The van der Waals surface area contributed by atoms with Gasteiger partial charge in [-0.15, -0.1) is 0 Å². The Kier molecular flexibility index (Phi) is 6.98. The van der Waals surface area contributed by atoms with E-state index in [-0.39, 0.29) is 5.91 Å². The molecule has 0 spiro atoms. The lowest BCUT2D eigenvalue weighted by Crippen LogP contribution is -2.42. The van der Waals surface area contributed by atoms with Crippen molar-refractivity contribution in [3.63, 3.8) is 0 Å². The van der Waals surface area contributed by atoms with Gasteiger partial charge in [0.15, 0.2) is 0 Å². The predicted molar refractivity (Wildman–Crippen MR) is 107 cm³/mol. The number of hydrogen-bond donors (Lipinski definition) is 3. The Bertz CT molecular complexity index is 700. The van der Waals surface area contributed by atoms with Gasteiger partial charge in [0.05, 0.1) is 6.10 Å². The van der Waals surface area contributed by atoms with E-state index in [0.717, 1.165) is 37.1 Å². The van der Waals surface area contributed by atoms with E-state index in [9.17, 15) is 9.90 Å². The van der Waals surface area contributed by atoms with Crippen molar-refractivity contribution in [3.05, 3.63) is 71.8 Å². The first-order valence-electron chi connectivity index (χ1n) is 9.67. The highest BCUT2D eigenvalue weighted by atomic mass is 16.3. The Morgan fingerprint density at radius 1 is 1.04 bits per heavy atom. The molecular formula is C22H29N3O2. The molecule has 0 saturated carbocycles. The van der Waals surface area contributed by atoms with E-state index in [1.807, 2.05) is 60.7 Å². The maximum Gasteiger partial charge on any atom is 0.241 e. The summed E-state index contributed by atoms with van der Waals surface area (Å²) in [6, 6.07) is 18.6. The highest BCUT2D eigenvalue weighted by molar-refractivity contribution is 5.82. The van der Waals surface area contributed by atoms with Gasteiger partial charge < -0.3 is 21.1 Å². The fraction of sp³-hybridized carbons (Fsp3) is 0.409. The number of hydrogen-bond acceptors (Lipinski definition) is 4. The number of nitrogens with one attached hydrogen (secondary N) is 1. The first-order valence-corrected chi connectivity index (χ1v) is 9.67. The minimum absolute atomic E-state index is 0.122. The van der Waals surface area contributed by atoms with E-state index in [2.05, 4.69) is 10.2 Å². The lowest BCUT2D eigenvalue weighted by atomic mass is 9.96. The van der Waals surface area contributed by atoms with Crippen LogP contribution in [-0.2, 0) is 4.79 Å². The number of β-amino-alcohol motifs (C(OH)–C–C–N with tert-alkyl or cyclic N) is 1. The second kappa shape index (κ2) is 9.65. The van der Waals surface area contributed by atoms with Crippen LogP contribution in [-0.4, -0.2) is 42.1 Å². The number of piperidine rings is 1. The van der Waals surface area contributed by atoms with Gasteiger partial charge in [0, 0.05) is 13.1 Å². The summed E-state index contributed by atoms with van der Waals surface area (Å²) in [6.07, 6.45) is 1.58. The minimum atomic E-state index is -0.618. The van der Waals surface area contributed by atoms with E-state index in [1.165, 1.54) is 0 Å². The number of carbonyl (C=O) groups is 1. The maximum absolute atomic E-state index is 12.3. The third kappa shape index (κ3) is 5.63. The SMILES string of the molecule is NC(C(=O)NCC1CCN(CC(O)c2ccccc2)CC1)c1ccccc1. The number of carbonyl (C=O) groups excluding carboxylic acids is 1. The van der Waals surface area contributed by atoms with Gasteiger partial charge in [0.2, 0.25) is 5.91 Å². The fourth-order valence-electron chi connectivity index (χ4n) is 3.56. The summed E-state index contributed by atoms with van der Waals surface area (Å²) < 4.78 is 0. The van der Waals surface area contributed by atoms with Crippen molar-refractivity contribution in [2.75, 3.05) is 26.2 Å². The van der Waals surface area contributed by atoms with Crippen LogP contribution in [0.5, 0.6) is 0 Å². The van der Waals surface area contributed by atoms with Crippen molar-refractivity contribution >= 4 is 5.91 Å². The van der Waals surface area contributed by atoms with E-state index < -0.39 is 12.1 Å². The molecule has 27 heavy (non-hydrogen) atoms. The van der Waals surface area contributed by atoms with Crippen LogP contribution in [0.15, 0.2) is 60.7 Å². The molecule has 0 aliphatic carbocycles. The molecule has 2 aromatic carbocycles. The molecule has 1 fully saturated rings. The third-order valence-corrected chi connectivity index (χ3v) is 5.33. The third-order valence-electron chi connectivity index (χ3n) is 5.33. The normalized spacial score (nSPS) is 18.0. The Hall–Kier alpha value is -2.21. The van der Waals surface area contributed by atoms with Gasteiger partial charge >= 0.3 is 0 Å². The summed E-state index contributed by atoms with van der Waals surface area (Å²) in [6.45, 7) is 3.20. The van der Waals surface area contributed by atoms with Gasteiger partial charge in [-0.1, -0.05) is 60.7 Å². The average molecular weight is 367 g/mol. The summed E-state index contributed by atoms with van der Waals surface area (Å²) >= 11 is 0. The van der Waals surface area contributed by atoms with Crippen molar-refractivity contribution in [2.24, 2.45) is 11.7 Å². The minimum Gasteiger partial charge on any atom is -0.387 e. The lowest BCUT2D eigenvalue weighted by Gasteiger charge is -2.33. The highest BCUT2D eigenvalue weighted by Gasteiger charge is 2.23. The number of likely N-dealkylation sites (tertiary alicyclic amines) is 1. The standard InChI is InChI=1S/C22H29N3O2/c23-21(19-9-5-2-6-10-19)22(27)24-15-17-11-13-25(14-12-17)16-20(26)18-7-3-1-4-8-18/h1-10,17,20-21,26H,11-16,23H2,(H,24,27). The molecular weight excluding hydrogens is 338 g/mol. The molecule has 4 N–H and O–H groups in total. The zero-order valence-electron chi connectivity index (χ0n) is 15.6. The molecule has 1 saturated heterocycles. The summed E-state index contributed by atoms with van der Waals surface area (Å²) in [5.74, 6) is 0.338. The number of rotatable bonds is 7. The number of aliphatic hydroxyl groups excluding tert-OH is 1. The Morgan fingerprint density at radius 2 is 1.59 bits per heavy atom. The number of aliphatic hydroxyl groups is 1. The monoisotopic (exact) mass is 367 g/mol. The molecule has 1 aliphatic heterocycles. The molecule has 1 aliphatic rings. The first kappa shape index (κ1) is 19.5. The molecule has 144 valence electrons. The van der Waals surface area contributed by atoms with Gasteiger partial charge in [0.25, 0.3) is 0 Å². The Labute approximate surface area is 161 Å². The van der Waals surface area contributed by atoms with E-state index >= 15 is 0 Å². The van der Waals surface area contributed by atoms with Crippen LogP contribution in [0.25, 0.3) is 0 Å². The summed E-state index contributed by atoms with van der Waals surface area (Å²) in [7, 11) is 0. The van der Waals surface area contributed by atoms with Gasteiger partial charge in [0.1, 0.15) is 6.04 Å². The van der Waals surface area contributed by atoms with Crippen molar-refractivity contribution in [2.45, 2.75) is 25.0 Å². The smallest absolute Gasteiger partial charge is 0.241 e. The molecule has 0 aromatic heterocycles. The molecule has 0 radical (unpaired) electrons. The van der Waals surface area contributed by atoms with Crippen LogP contribution >= 0.6 is 0 Å². The first-order chi connectivity index (χ1) is 13.1. The van der Waals surface area contributed by atoms with Gasteiger partial charge in [-0.3, -0.25) is 4.79 Å². The topological polar surface area (TPSA) is 78.6 Å². The van der Waals surface area contributed by atoms with Crippen molar-refractivity contribution in [3.8, 4) is 0 Å². The van der Waals surface area contributed by atoms with Crippen molar-refractivity contribution in [1.29, 1.82) is 0 Å². The van der Waals surface area contributed by atoms with Crippen LogP contribution in [0.3, 0.4) is 0 Å². The van der Waals surface area contributed by atoms with E-state index in [4.69, 9.17) is 5.73 Å². The number of nitrogens with zero attached hydrogens (tertiary/aromatic N) is 1. The number of nitrogens with two attached hydrogens (primary N) is 1. The number of amides is 1. The molecule has 0 bridgehead atoms. The molecule has 1 amide bonds. The summed E-state index contributed by atoms with van der Waals surface area (Å²) in [4.78, 5) is 14.6. The quantitative estimate of drug-likeness (QED) is 0.701. The van der Waals surface area contributed by atoms with Crippen molar-refractivity contribution in [1.82, 2.24) is 10.2 Å². The second-order valence-electron chi connectivity index (χ2n) is 7.30. The van der Waals surface area contributed by atoms with E-state index in [1.54, 1.807) is 0 Å². The van der Waals surface area contributed by atoms with E-state index in [0.29, 0.717) is 19.0 Å². The maximum atomic E-state index is 12.3. The van der Waals surface area contributed by atoms with Crippen LogP contribution in [0, 0.1) is 5.92 Å². The molecule has 5 nitrogen and oxygen atoms in total. The zero-order chi connectivity index (χ0) is 19.1. The van der Waals surface area contributed by atoms with Gasteiger partial charge in [-0.25, -0.2) is 0 Å². The van der Waals surface area contributed by atoms with Crippen molar-refractivity contribution < 1.29 is 9.90 Å². The predicted octanol–water partition coefficient (Wildman–Crippen LogP) is 2.25. The Balaban J connectivity index is 1.39. The largest absolute Gasteiger partial charge is 0.387 e. The molecule has 1 heterocycles. The highest BCUT2D eigenvalue weighted by Crippen LogP contribution is 2.20. The molecule has 2 atom stereocenters. The summed E-state index contributed by atoms with van der Waals surface area (Å²) in [5.41, 5.74) is 7.83. The van der Waals surface area contributed by atoms with Gasteiger partial charge in [-0.05, 0) is 43.0 Å². The van der Waals surface area contributed by atoms with Crippen LogP contribution < -0.4 is 11.1 Å². The molecule has 3 rings (SSSR count). The molecule has 5 heteroatoms. The summed E-state index contributed by atoms with van der Waals surface area (Å²) in [5, 5.41) is 13.4. The van der Waals surface area contributed by atoms with Crippen LogP contribution in [0.4, 0.5) is 0 Å². The van der Waals surface area contributed by atoms with Crippen LogP contribution in [0.2, 0.25) is 0 Å². The average Bonchev–Trinajstić information content (AvgIpc) is 2.73. The van der Waals surface area contributed by atoms with Gasteiger partial charge in [-0.2, -0.15) is 0 Å². The lowest BCUT2D eigenvalue weighted by molar-refractivity contribution is -0.122. The molecule has 2 aromatic rings. The number of benzene rings is 2. The fourth-order valence-corrected chi connectivity index (χ4v) is 3.56. The van der Waals surface area contributed by atoms with Crippen LogP contribution in [0.1, 0.15) is 36.1 Å². The molecule has 2 unspecified atom stereocenters. The zero-order valence-corrected chi connectivity index (χ0v) is 15.6.